The minimum absolute atomic E-state index is 0.327. The maximum absolute atomic E-state index is 13.2. The molecule has 88 valence electrons. The van der Waals surface area contributed by atoms with Crippen LogP contribution in [-0.4, -0.2) is 16.3 Å². The van der Waals surface area contributed by atoms with Crippen LogP contribution in [0.25, 0.3) is 0 Å². The second-order valence-electron chi connectivity index (χ2n) is 4.52. The van der Waals surface area contributed by atoms with E-state index in [-0.39, 0.29) is 11.9 Å². The van der Waals surface area contributed by atoms with E-state index in [4.69, 9.17) is 5.73 Å². The van der Waals surface area contributed by atoms with E-state index < -0.39 is 11.4 Å². The zero-order valence-electron chi connectivity index (χ0n) is 8.99. The van der Waals surface area contributed by atoms with E-state index in [0.717, 1.165) is 0 Å². The predicted octanol–water partition coefficient (Wildman–Crippen LogP) is 1.62. The quantitative estimate of drug-likeness (QED) is 0.680. The lowest BCUT2D eigenvalue weighted by atomic mass is 9.76. The van der Waals surface area contributed by atoms with Gasteiger partial charge in [0.1, 0.15) is 0 Å². The van der Waals surface area contributed by atoms with Gasteiger partial charge in [-0.15, -0.1) is 0 Å². The number of nitrogens with two attached hydrogens (primary N) is 1. The zero-order chi connectivity index (χ0) is 11.8. The summed E-state index contributed by atoms with van der Waals surface area (Å²) in [5, 5.41) is 19.1. The molecule has 1 saturated carbocycles. The van der Waals surface area contributed by atoms with E-state index in [1.165, 1.54) is 6.07 Å². The molecule has 0 radical (unpaired) electrons. The first-order valence-electron chi connectivity index (χ1n) is 5.48. The molecule has 0 atom stereocenters. The van der Waals surface area contributed by atoms with Crippen LogP contribution in [0.5, 0.6) is 5.75 Å². The van der Waals surface area contributed by atoms with Crippen LogP contribution in [0, 0.1) is 5.82 Å². The minimum Gasteiger partial charge on any atom is -0.505 e. The highest BCUT2D eigenvalue weighted by Gasteiger charge is 2.35. The Labute approximate surface area is 93.7 Å². The summed E-state index contributed by atoms with van der Waals surface area (Å²) in [5.41, 5.74) is 5.90. The van der Waals surface area contributed by atoms with Crippen molar-refractivity contribution < 1.29 is 14.6 Å². The van der Waals surface area contributed by atoms with Gasteiger partial charge < -0.3 is 15.9 Å². The lowest BCUT2D eigenvalue weighted by Crippen LogP contribution is -2.41. The van der Waals surface area contributed by atoms with Gasteiger partial charge in [-0.1, -0.05) is 12.1 Å². The topological polar surface area (TPSA) is 66.5 Å². The predicted molar refractivity (Wildman–Crippen MR) is 58.4 cm³/mol. The third kappa shape index (κ3) is 1.90. The van der Waals surface area contributed by atoms with Gasteiger partial charge in [0.15, 0.2) is 11.6 Å². The van der Waals surface area contributed by atoms with Gasteiger partial charge in [0, 0.05) is 11.1 Å². The minimum atomic E-state index is -0.717. The lowest BCUT2D eigenvalue weighted by molar-refractivity contribution is 0.0958. The van der Waals surface area contributed by atoms with E-state index in [1.807, 2.05) is 0 Å². The third-order valence-electron chi connectivity index (χ3n) is 3.37. The molecule has 0 aliphatic heterocycles. The van der Waals surface area contributed by atoms with Crippen molar-refractivity contribution in [3.05, 3.63) is 29.6 Å². The highest BCUT2D eigenvalue weighted by molar-refractivity contribution is 5.39. The first-order valence-corrected chi connectivity index (χ1v) is 5.48. The van der Waals surface area contributed by atoms with E-state index in [2.05, 4.69) is 0 Å². The monoisotopic (exact) mass is 225 g/mol. The molecule has 0 bridgehead atoms. The fourth-order valence-corrected chi connectivity index (χ4v) is 2.30. The summed E-state index contributed by atoms with van der Waals surface area (Å²) in [6.07, 6.45) is 1.97. The smallest absolute Gasteiger partial charge is 0.165 e. The summed E-state index contributed by atoms with van der Waals surface area (Å²) in [5.74, 6) is -1.00. The molecule has 4 N–H and O–H groups in total. The number of rotatable bonds is 1. The molecule has 0 saturated heterocycles. The van der Waals surface area contributed by atoms with Crippen LogP contribution in [0.3, 0.4) is 0 Å². The Bertz CT molecular complexity index is 387. The molecule has 1 fully saturated rings. The third-order valence-corrected chi connectivity index (χ3v) is 3.37. The summed E-state index contributed by atoms with van der Waals surface area (Å²) in [6.45, 7) is 0. The van der Waals surface area contributed by atoms with E-state index in [9.17, 15) is 14.6 Å². The molecule has 1 aliphatic carbocycles. The number of phenols is 1. The maximum Gasteiger partial charge on any atom is 0.165 e. The Balaban J connectivity index is 2.32. The van der Waals surface area contributed by atoms with E-state index in [1.54, 1.807) is 12.1 Å². The SMILES string of the molecule is NC1(c2cccc(F)c2O)CCC(O)CC1. The molecule has 0 spiro atoms. The van der Waals surface area contributed by atoms with Crippen molar-refractivity contribution in [3.8, 4) is 5.75 Å². The van der Waals surface area contributed by atoms with Crippen LogP contribution in [0.2, 0.25) is 0 Å². The Morgan fingerprint density at radius 3 is 2.56 bits per heavy atom. The number of hydrogen-bond acceptors (Lipinski definition) is 3. The Kier molecular flexibility index (Phi) is 2.86. The second kappa shape index (κ2) is 4.03. The number of benzene rings is 1. The van der Waals surface area contributed by atoms with Gasteiger partial charge in [-0.05, 0) is 31.7 Å². The molecule has 1 aromatic rings. The molecule has 3 nitrogen and oxygen atoms in total. The molecular formula is C12H16FNO2. The number of aromatic hydroxyl groups is 1. The van der Waals surface area contributed by atoms with Crippen molar-refractivity contribution in [2.24, 2.45) is 5.73 Å². The average Bonchev–Trinajstić information content (AvgIpc) is 2.27. The van der Waals surface area contributed by atoms with Gasteiger partial charge in [0.05, 0.1) is 6.10 Å². The van der Waals surface area contributed by atoms with Crippen molar-refractivity contribution in [1.29, 1.82) is 0 Å². The summed E-state index contributed by atoms with van der Waals surface area (Å²) < 4.78 is 13.2. The largest absolute Gasteiger partial charge is 0.505 e. The number of aliphatic hydroxyl groups is 1. The Morgan fingerprint density at radius 2 is 1.94 bits per heavy atom. The molecular weight excluding hydrogens is 209 g/mol. The Morgan fingerprint density at radius 1 is 1.31 bits per heavy atom. The first kappa shape index (κ1) is 11.4. The number of para-hydroxylation sites is 1. The molecule has 1 aromatic carbocycles. The van der Waals surface area contributed by atoms with Crippen LogP contribution in [0.1, 0.15) is 31.2 Å². The fourth-order valence-electron chi connectivity index (χ4n) is 2.30. The summed E-state index contributed by atoms with van der Waals surface area (Å²) in [4.78, 5) is 0. The van der Waals surface area contributed by atoms with Gasteiger partial charge in [-0.25, -0.2) is 4.39 Å². The van der Waals surface area contributed by atoms with Crippen LogP contribution in [0.15, 0.2) is 18.2 Å². The number of halogens is 1. The van der Waals surface area contributed by atoms with E-state index >= 15 is 0 Å². The van der Waals surface area contributed by atoms with Crippen molar-refractivity contribution in [2.45, 2.75) is 37.3 Å². The standard InChI is InChI=1S/C12H16FNO2/c13-10-3-1-2-9(11(10)16)12(14)6-4-8(15)5-7-12/h1-3,8,15-16H,4-7,14H2. The van der Waals surface area contributed by atoms with E-state index in [0.29, 0.717) is 31.2 Å². The van der Waals surface area contributed by atoms with Gasteiger partial charge in [0.25, 0.3) is 0 Å². The number of hydrogen-bond donors (Lipinski definition) is 3. The van der Waals surface area contributed by atoms with Crippen LogP contribution >= 0.6 is 0 Å². The summed E-state index contributed by atoms with van der Waals surface area (Å²) in [6, 6.07) is 4.40. The molecule has 16 heavy (non-hydrogen) atoms. The number of phenolic OH excluding ortho intramolecular Hbond substituents is 1. The second-order valence-corrected chi connectivity index (χ2v) is 4.52. The zero-order valence-corrected chi connectivity index (χ0v) is 8.99. The summed E-state index contributed by atoms with van der Waals surface area (Å²) in [7, 11) is 0. The van der Waals surface area contributed by atoms with Crippen molar-refractivity contribution >= 4 is 0 Å². The summed E-state index contributed by atoms with van der Waals surface area (Å²) >= 11 is 0. The molecule has 0 unspecified atom stereocenters. The van der Waals surface area contributed by atoms with Gasteiger partial charge in [-0.2, -0.15) is 0 Å². The van der Waals surface area contributed by atoms with Crippen LogP contribution < -0.4 is 5.73 Å². The molecule has 2 rings (SSSR count). The maximum atomic E-state index is 13.2. The molecule has 1 aliphatic rings. The number of aliphatic hydroxyl groups excluding tert-OH is 1. The average molecular weight is 225 g/mol. The van der Waals surface area contributed by atoms with Crippen LogP contribution in [0.4, 0.5) is 4.39 Å². The van der Waals surface area contributed by atoms with Gasteiger partial charge in [-0.3, -0.25) is 0 Å². The van der Waals surface area contributed by atoms with Gasteiger partial charge >= 0.3 is 0 Å². The van der Waals surface area contributed by atoms with Crippen molar-refractivity contribution in [1.82, 2.24) is 0 Å². The molecule has 4 heteroatoms. The lowest BCUT2D eigenvalue weighted by Gasteiger charge is -2.36. The van der Waals surface area contributed by atoms with Crippen molar-refractivity contribution in [2.75, 3.05) is 0 Å². The molecule has 0 heterocycles. The normalized spacial score (nSPS) is 30.3. The highest BCUT2D eigenvalue weighted by Crippen LogP contribution is 2.39. The fraction of sp³-hybridized carbons (Fsp3) is 0.500. The Hall–Kier alpha value is -1.13. The van der Waals surface area contributed by atoms with Gasteiger partial charge in [0.2, 0.25) is 0 Å². The first-order chi connectivity index (χ1) is 7.53. The van der Waals surface area contributed by atoms with Crippen molar-refractivity contribution in [3.63, 3.8) is 0 Å². The molecule has 0 amide bonds. The molecule has 0 aromatic heterocycles. The van der Waals surface area contributed by atoms with Crippen LogP contribution in [-0.2, 0) is 5.54 Å². The highest BCUT2D eigenvalue weighted by atomic mass is 19.1.